The average molecular weight is 216 g/mol. The van der Waals surface area contributed by atoms with Gasteiger partial charge in [0.05, 0.1) is 5.69 Å². The third-order valence-corrected chi connectivity index (χ3v) is 2.18. The highest BCUT2D eigenvalue weighted by atomic mass is 16.2. The van der Waals surface area contributed by atoms with Gasteiger partial charge in [-0.05, 0) is 23.8 Å². The molecule has 0 saturated heterocycles. The van der Waals surface area contributed by atoms with Crippen LogP contribution in [-0.4, -0.2) is 23.3 Å². The van der Waals surface area contributed by atoms with Gasteiger partial charge in [0.15, 0.2) is 0 Å². The Hall–Kier alpha value is -2.30. The van der Waals surface area contributed by atoms with Crippen molar-refractivity contribution in [3.05, 3.63) is 36.5 Å². The van der Waals surface area contributed by atoms with Gasteiger partial charge < -0.3 is 10.6 Å². The molecule has 2 rings (SSSR count). The van der Waals surface area contributed by atoms with Crippen LogP contribution in [0, 0.1) is 0 Å². The van der Waals surface area contributed by atoms with Gasteiger partial charge in [0.2, 0.25) is 0 Å². The number of anilines is 1. The van der Waals surface area contributed by atoms with Crippen LogP contribution in [0.3, 0.4) is 0 Å². The largest absolute Gasteiger partial charge is 0.341 e. The Morgan fingerprint density at radius 1 is 1.25 bits per heavy atom. The molecule has 1 aromatic heterocycles. The molecule has 0 aliphatic heterocycles. The summed E-state index contributed by atoms with van der Waals surface area (Å²) in [5, 5.41) is 11.9. The Bertz CT molecular complexity index is 461. The summed E-state index contributed by atoms with van der Waals surface area (Å²) >= 11 is 0. The van der Waals surface area contributed by atoms with E-state index in [0.29, 0.717) is 0 Å². The molecule has 0 aliphatic rings. The zero-order chi connectivity index (χ0) is 11.4. The van der Waals surface area contributed by atoms with E-state index < -0.39 is 0 Å². The monoisotopic (exact) mass is 216 g/mol. The van der Waals surface area contributed by atoms with Crippen LogP contribution in [0.25, 0.3) is 11.3 Å². The Morgan fingerprint density at radius 2 is 2.00 bits per heavy atom. The Morgan fingerprint density at radius 3 is 2.56 bits per heavy atom. The van der Waals surface area contributed by atoms with Crippen molar-refractivity contribution in [2.75, 3.05) is 12.4 Å². The van der Waals surface area contributed by atoms with Gasteiger partial charge >= 0.3 is 6.03 Å². The predicted octanol–water partition coefficient (Wildman–Crippen LogP) is 1.83. The standard InChI is InChI=1S/C11H12N4O/c1-12-11(16)14-9-4-2-8(3-5-9)10-6-7-13-15-10/h2-7H,1H3,(H,13,15)(H2,12,14,16). The molecule has 0 spiro atoms. The van der Waals surface area contributed by atoms with Gasteiger partial charge in [0.25, 0.3) is 0 Å². The van der Waals surface area contributed by atoms with E-state index >= 15 is 0 Å². The van der Waals surface area contributed by atoms with Crippen molar-refractivity contribution in [2.24, 2.45) is 0 Å². The normalized spacial score (nSPS) is 9.81. The summed E-state index contributed by atoms with van der Waals surface area (Å²) in [4.78, 5) is 11.1. The maximum Gasteiger partial charge on any atom is 0.318 e. The molecule has 5 nitrogen and oxygen atoms in total. The number of rotatable bonds is 2. The number of hydrogen-bond acceptors (Lipinski definition) is 2. The molecule has 0 bridgehead atoms. The molecule has 0 aliphatic carbocycles. The first kappa shape index (κ1) is 10.2. The minimum absolute atomic E-state index is 0.228. The highest BCUT2D eigenvalue weighted by Gasteiger charge is 2.00. The van der Waals surface area contributed by atoms with Gasteiger partial charge in [0.1, 0.15) is 0 Å². The lowest BCUT2D eigenvalue weighted by Gasteiger charge is -2.04. The van der Waals surface area contributed by atoms with Crippen molar-refractivity contribution >= 4 is 11.7 Å². The van der Waals surface area contributed by atoms with E-state index in [-0.39, 0.29) is 6.03 Å². The zero-order valence-corrected chi connectivity index (χ0v) is 8.82. The number of H-pyrrole nitrogens is 1. The lowest BCUT2D eigenvalue weighted by Crippen LogP contribution is -2.24. The molecule has 0 atom stereocenters. The Labute approximate surface area is 92.9 Å². The summed E-state index contributed by atoms with van der Waals surface area (Å²) in [6, 6.07) is 9.17. The molecule has 2 aromatic rings. The second-order valence-electron chi connectivity index (χ2n) is 3.25. The number of amides is 2. The topological polar surface area (TPSA) is 69.8 Å². The first-order chi connectivity index (χ1) is 7.79. The zero-order valence-electron chi connectivity index (χ0n) is 8.82. The molecular formula is C11H12N4O. The van der Waals surface area contributed by atoms with Crippen LogP contribution in [-0.2, 0) is 0 Å². The van der Waals surface area contributed by atoms with Crippen LogP contribution in [0.1, 0.15) is 0 Å². The lowest BCUT2D eigenvalue weighted by atomic mass is 10.1. The van der Waals surface area contributed by atoms with Gasteiger partial charge in [-0.25, -0.2) is 4.79 Å². The molecule has 5 heteroatoms. The molecule has 0 unspecified atom stereocenters. The van der Waals surface area contributed by atoms with Gasteiger partial charge in [-0.15, -0.1) is 0 Å². The van der Waals surface area contributed by atoms with E-state index in [1.807, 2.05) is 30.3 Å². The van der Waals surface area contributed by atoms with E-state index in [1.54, 1.807) is 13.2 Å². The van der Waals surface area contributed by atoms with Gasteiger partial charge in [-0.1, -0.05) is 12.1 Å². The molecular weight excluding hydrogens is 204 g/mol. The number of urea groups is 1. The van der Waals surface area contributed by atoms with Crippen LogP contribution in [0.5, 0.6) is 0 Å². The number of nitrogens with one attached hydrogen (secondary N) is 3. The van der Waals surface area contributed by atoms with Crippen molar-refractivity contribution in [2.45, 2.75) is 0 Å². The fourth-order valence-corrected chi connectivity index (χ4v) is 1.34. The smallest absolute Gasteiger partial charge is 0.318 e. The SMILES string of the molecule is CNC(=O)Nc1ccc(-c2ccn[nH]2)cc1. The minimum Gasteiger partial charge on any atom is -0.341 e. The van der Waals surface area contributed by atoms with E-state index in [4.69, 9.17) is 0 Å². The molecule has 0 radical (unpaired) electrons. The van der Waals surface area contributed by atoms with E-state index in [0.717, 1.165) is 16.9 Å². The van der Waals surface area contributed by atoms with Crippen LogP contribution in [0.4, 0.5) is 10.5 Å². The molecule has 0 fully saturated rings. The summed E-state index contributed by atoms with van der Waals surface area (Å²) in [7, 11) is 1.58. The number of benzene rings is 1. The summed E-state index contributed by atoms with van der Waals surface area (Å²) in [5.74, 6) is 0. The number of hydrogen-bond donors (Lipinski definition) is 3. The highest BCUT2D eigenvalue weighted by Crippen LogP contribution is 2.18. The van der Waals surface area contributed by atoms with Crippen LogP contribution >= 0.6 is 0 Å². The molecule has 1 heterocycles. The molecule has 0 saturated carbocycles. The fourth-order valence-electron chi connectivity index (χ4n) is 1.34. The maximum absolute atomic E-state index is 11.1. The first-order valence-electron chi connectivity index (χ1n) is 4.88. The first-order valence-corrected chi connectivity index (χ1v) is 4.88. The number of carbonyl (C=O) groups excluding carboxylic acids is 1. The second kappa shape index (κ2) is 4.48. The third-order valence-electron chi connectivity index (χ3n) is 2.18. The van der Waals surface area contributed by atoms with Crippen molar-refractivity contribution in [3.63, 3.8) is 0 Å². The third kappa shape index (κ3) is 2.20. The summed E-state index contributed by atoms with van der Waals surface area (Å²) < 4.78 is 0. The van der Waals surface area contributed by atoms with Gasteiger partial charge in [0, 0.05) is 18.9 Å². The number of aromatic nitrogens is 2. The fraction of sp³-hybridized carbons (Fsp3) is 0.0909. The summed E-state index contributed by atoms with van der Waals surface area (Å²) in [6.07, 6.45) is 1.70. The maximum atomic E-state index is 11.1. The number of aromatic amines is 1. The number of carbonyl (C=O) groups is 1. The second-order valence-corrected chi connectivity index (χ2v) is 3.25. The van der Waals surface area contributed by atoms with Crippen LogP contribution in [0.15, 0.2) is 36.5 Å². The quantitative estimate of drug-likeness (QED) is 0.716. The lowest BCUT2D eigenvalue weighted by molar-refractivity contribution is 0.254. The minimum atomic E-state index is -0.228. The van der Waals surface area contributed by atoms with Gasteiger partial charge in [-0.2, -0.15) is 5.10 Å². The predicted molar refractivity (Wildman–Crippen MR) is 62.1 cm³/mol. The van der Waals surface area contributed by atoms with E-state index in [1.165, 1.54) is 0 Å². The molecule has 82 valence electrons. The van der Waals surface area contributed by atoms with Gasteiger partial charge in [-0.3, -0.25) is 5.10 Å². The van der Waals surface area contributed by atoms with E-state index in [9.17, 15) is 4.79 Å². The summed E-state index contributed by atoms with van der Waals surface area (Å²) in [6.45, 7) is 0. The molecule has 1 aromatic carbocycles. The van der Waals surface area contributed by atoms with Crippen LogP contribution < -0.4 is 10.6 Å². The van der Waals surface area contributed by atoms with E-state index in [2.05, 4.69) is 20.8 Å². The number of nitrogens with zero attached hydrogens (tertiary/aromatic N) is 1. The van der Waals surface area contributed by atoms with Crippen molar-refractivity contribution < 1.29 is 4.79 Å². The summed E-state index contributed by atoms with van der Waals surface area (Å²) in [5.41, 5.74) is 2.73. The van der Waals surface area contributed by atoms with Crippen molar-refractivity contribution in [1.82, 2.24) is 15.5 Å². The van der Waals surface area contributed by atoms with Crippen LogP contribution in [0.2, 0.25) is 0 Å². The molecule has 2 amide bonds. The highest BCUT2D eigenvalue weighted by molar-refractivity contribution is 5.89. The van der Waals surface area contributed by atoms with Crippen molar-refractivity contribution in [3.8, 4) is 11.3 Å². The van der Waals surface area contributed by atoms with Crippen molar-refractivity contribution in [1.29, 1.82) is 0 Å². The Balaban J connectivity index is 2.14. The average Bonchev–Trinajstić information content (AvgIpc) is 2.83. The Kier molecular flexibility index (Phi) is 2.86. The molecule has 16 heavy (non-hydrogen) atoms. The molecule has 3 N–H and O–H groups in total.